The maximum Gasteiger partial charge on any atom is 0.263 e. The number of nitrogens with one attached hydrogen (secondary N) is 2. The summed E-state index contributed by atoms with van der Waals surface area (Å²) < 4.78 is 28.4. The van der Waals surface area contributed by atoms with E-state index in [1.807, 2.05) is 48.2 Å². The molecule has 0 bridgehead atoms. The Morgan fingerprint density at radius 1 is 1.17 bits per heavy atom. The van der Waals surface area contributed by atoms with Gasteiger partial charge in [0.25, 0.3) is 11.8 Å². The van der Waals surface area contributed by atoms with E-state index in [9.17, 15) is 13.6 Å². The minimum absolute atomic E-state index is 0.0397. The first-order valence-electron chi connectivity index (χ1n) is 12.0. The number of piperidine rings is 1. The van der Waals surface area contributed by atoms with Gasteiger partial charge in [0.15, 0.2) is 0 Å². The minimum Gasteiger partial charge on any atom is -0.381 e. The fourth-order valence-corrected chi connectivity index (χ4v) is 6.00. The molecule has 0 spiro atoms. The molecule has 1 atom stereocenters. The molecule has 0 unspecified atom stereocenters. The van der Waals surface area contributed by atoms with Gasteiger partial charge in [0.1, 0.15) is 10.7 Å². The molecule has 0 aliphatic carbocycles. The zero-order valence-corrected chi connectivity index (χ0v) is 20.6. The molecule has 6 nitrogen and oxygen atoms in total. The van der Waals surface area contributed by atoms with Crippen LogP contribution in [0.3, 0.4) is 0 Å². The summed E-state index contributed by atoms with van der Waals surface area (Å²) in [4.78, 5) is 24.8. The Kier molecular flexibility index (Phi) is 5.40. The van der Waals surface area contributed by atoms with Crippen molar-refractivity contribution >= 4 is 55.8 Å². The average molecular weight is 506 g/mol. The molecule has 0 saturated carbocycles. The van der Waals surface area contributed by atoms with Gasteiger partial charge in [-0.3, -0.25) is 4.79 Å². The first-order valence-corrected chi connectivity index (χ1v) is 12.8. The summed E-state index contributed by atoms with van der Waals surface area (Å²) in [5.41, 5.74) is 3.96. The fraction of sp³-hybridized carbons (Fsp3) is 0.296. The van der Waals surface area contributed by atoms with E-state index in [4.69, 9.17) is 4.98 Å². The molecule has 6 rings (SSSR count). The van der Waals surface area contributed by atoms with Crippen LogP contribution >= 0.6 is 11.3 Å². The van der Waals surface area contributed by atoms with Crippen molar-refractivity contribution in [2.75, 3.05) is 29.9 Å². The zero-order chi connectivity index (χ0) is 25.0. The number of pyridine rings is 2. The molecule has 4 aromatic rings. The van der Waals surface area contributed by atoms with Gasteiger partial charge in [0.2, 0.25) is 0 Å². The second kappa shape index (κ2) is 8.51. The van der Waals surface area contributed by atoms with Crippen LogP contribution in [0.5, 0.6) is 0 Å². The summed E-state index contributed by atoms with van der Waals surface area (Å²) >= 11 is 1.48. The van der Waals surface area contributed by atoms with Gasteiger partial charge in [-0.25, -0.2) is 18.7 Å². The van der Waals surface area contributed by atoms with Gasteiger partial charge in [-0.15, -0.1) is 11.3 Å². The maximum absolute atomic E-state index is 13.7. The average Bonchev–Trinajstić information content (AvgIpc) is 3.19. The highest BCUT2D eigenvalue weighted by atomic mass is 32.1. The van der Waals surface area contributed by atoms with Crippen LogP contribution in [0, 0.1) is 0 Å². The van der Waals surface area contributed by atoms with Crippen molar-refractivity contribution in [3.8, 4) is 11.3 Å². The number of carbonyl (C=O) groups excluding carboxylic acids is 1. The van der Waals surface area contributed by atoms with Crippen molar-refractivity contribution in [1.82, 2.24) is 15.3 Å². The van der Waals surface area contributed by atoms with E-state index in [0.717, 1.165) is 37.9 Å². The van der Waals surface area contributed by atoms with E-state index < -0.39 is 5.92 Å². The van der Waals surface area contributed by atoms with Crippen LogP contribution in [0.2, 0.25) is 0 Å². The van der Waals surface area contributed by atoms with Crippen molar-refractivity contribution in [2.24, 2.45) is 0 Å². The molecule has 1 saturated heterocycles. The molecular weight excluding hydrogens is 480 g/mol. The lowest BCUT2D eigenvalue weighted by Gasteiger charge is -2.32. The maximum atomic E-state index is 13.7. The SMILES string of the molecule is C=Cc1cc(-c2ccc3c(ccc4sc5c(c43)NC[C@@H](C)NC5=O)n2)cc(N2CCC(F)(F)CC2)n1. The molecule has 1 aromatic carbocycles. The number of benzene rings is 1. The van der Waals surface area contributed by atoms with E-state index >= 15 is 0 Å². The van der Waals surface area contributed by atoms with Crippen molar-refractivity contribution < 1.29 is 13.6 Å². The topological polar surface area (TPSA) is 70.2 Å². The van der Waals surface area contributed by atoms with Crippen LogP contribution in [0.25, 0.3) is 38.3 Å². The third-order valence-electron chi connectivity index (χ3n) is 6.85. The van der Waals surface area contributed by atoms with Crippen LogP contribution in [-0.4, -0.2) is 47.5 Å². The molecule has 1 amide bonds. The van der Waals surface area contributed by atoms with E-state index in [1.54, 1.807) is 6.08 Å². The van der Waals surface area contributed by atoms with Gasteiger partial charge in [0, 0.05) is 59.6 Å². The molecule has 0 radical (unpaired) electrons. The van der Waals surface area contributed by atoms with Gasteiger partial charge < -0.3 is 15.5 Å². The Morgan fingerprint density at radius 3 is 2.75 bits per heavy atom. The second-order valence-corrected chi connectivity index (χ2v) is 10.5. The lowest BCUT2D eigenvalue weighted by Crippen LogP contribution is -2.39. The lowest BCUT2D eigenvalue weighted by atomic mass is 10.0. The Hall–Kier alpha value is -3.59. The van der Waals surface area contributed by atoms with Gasteiger partial charge in [-0.1, -0.05) is 6.58 Å². The number of anilines is 2. The Morgan fingerprint density at radius 2 is 1.97 bits per heavy atom. The normalized spacial score (nSPS) is 19.5. The number of carbonyl (C=O) groups is 1. The molecule has 36 heavy (non-hydrogen) atoms. The summed E-state index contributed by atoms with van der Waals surface area (Å²) in [5.74, 6) is -2.02. The van der Waals surface area contributed by atoms with Crippen molar-refractivity contribution in [3.05, 3.63) is 53.5 Å². The van der Waals surface area contributed by atoms with Crippen LogP contribution in [0.4, 0.5) is 20.3 Å². The summed E-state index contributed by atoms with van der Waals surface area (Å²) in [7, 11) is 0. The molecule has 1 fully saturated rings. The largest absolute Gasteiger partial charge is 0.381 e. The summed E-state index contributed by atoms with van der Waals surface area (Å²) in [6, 6.07) is 11.8. The van der Waals surface area contributed by atoms with Gasteiger partial charge >= 0.3 is 0 Å². The van der Waals surface area contributed by atoms with E-state index in [1.165, 1.54) is 11.3 Å². The molecule has 184 valence electrons. The number of fused-ring (bicyclic) bond motifs is 5. The molecule has 2 aliphatic heterocycles. The zero-order valence-electron chi connectivity index (χ0n) is 19.8. The highest BCUT2D eigenvalue weighted by Crippen LogP contribution is 2.41. The van der Waals surface area contributed by atoms with Crippen molar-refractivity contribution in [3.63, 3.8) is 0 Å². The quantitative estimate of drug-likeness (QED) is 0.361. The van der Waals surface area contributed by atoms with E-state index in [-0.39, 0.29) is 37.9 Å². The highest BCUT2D eigenvalue weighted by Gasteiger charge is 2.34. The number of halogens is 2. The number of rotatable bonds is 3. The first kappa shape index (κ1) is 22.8. The monoisotopic (exact) mass is 505 g/mol. The Labute approximate surface area is 211 Å². The lowest BCUT2D eigenvalue weighted by molar-refractivity contribution is -0.0221. The highest BCUT2D eigenvalue weighted by molar-refractivity contribution is 7.21. The number of thiophene rings is 1. The van der Waals surface area contributed by atoms with Crippen LogP contribution in [0.15, 0.2) is 43.0 Å². The molecule has 2 aliphatic rings. The van der Waals surface area contributed by atoms with Crippen molar-refractivity contribution in [1.29, 1.82) is 0 Å². The summed E-state index contributed by atoms with van der Waals surface area (Å²) in [6.45, 7) is 6.99. The molecule has 2 N–H and O–H groups in total. The number of alkyl halides is 2. The number of hydrogen-bond acceptors (Lipinski definition) is 6. The summed E-state index contributed by atoms with van der Waals surface area (Å²) in [5, 5.41) is 8.45. The number of aromatic nitrogens is 2. The van der Waals surface area contributed by atoms with Crippen LogP contribution in [0.1, 0.15) is 35.1 Å². The number of amides is 1. The van der Waals surface area contributed by atoms with Gasteiger partial charge in [0.05, 0.1) is 22.6 Å². The second-order valence-electron chi connectivity index (χ2n) is 9.45. The predicted molar refractivity (Wildman–Crippen MR) is 142 cm³/mol. The standard InChI is InChI=1S/C27H25F2N5OS/c1-3-17-12-16(13-22(32-17)34-10-8-27(28,29)9-11-34)19-5-4-18-20(33-19)6-7-21-23(18)24-25(36-21)26(35)31-15(2)14-30-24/h3-7,12-13,15,30H,1,8-11,14H2,2H3,(H,31,35)/t15-/m1/s1. The molecular formula is C27H25F2N5OS. The summed E-state index contributed by atoms with van der Waals surface area (Å²) in [6.07, 6.45) is 1.30. The third-order valence-corrected chi connectivity index (χ3v) is 8.00. The first-order chi connectivity index (χ1) is 17.3. The van der Waals surface area contributed by atoms with Gasteiger partial charge in [-0.2, -0.15) is 0 Å². The Balaban J connectivity index is 1.42. The van der Waals surface area contributed by atoms with E-state index in [2.05, 4.69) is 22.2 Å². The molecule has 3 aromatic heterocycles. The van der Waals surface area contributed by atoms with Crippen LogP contribution < -0.4 is 15.5 Å². The Bertz CT molecular complexity index is 1520. The number of nitrogens with zero attached hydrogens (tertiary/aromatic N) is 3. The van der Waals surface area contributed by atoms with Crippen molar-refractivity contribution in [2.45, 2.75) is 31.7 Å². The van der Waals surface area contributed by atoms with Crippen LogP contribution in [-0.2, 0) is 0 Å². The predicted octanol–water partition coefficient (Wildman–Crippen LogP) is 5.93. The molecule has 5 heterocycles. The van der Waals surface area contributed by atoms with E-state index in [0.29, 0.717) is 22.9 Å². The number of hydrogen-bond donors (Lipinski definition) is 2. The fourth-order valence-electron chi connectivity index (χ4n) is 4.90. The smallest absolute Gasteiger partial charge is 0.263 e. The van der Waals surface area contributed by atoms with Gasteiger partial charge in [-0.05, 0) is 49.4 Å². The molecule has 9 heteroatoms. The third kappa shape index (κ3) is 3.97. The minimum atomic E-state index is -2.62.